The Bertz CT molecular complexity index is 164. The van der Waals surface area contributed by atoms with Crippen LogP contribution >= 0.6 is 10.7 Å². The Labute approximate surface area is 66.5 Å². The van der Waals surface area contributed by atoms with Crippen LogP contribution in [-0.4, -0.2) is 28.3 Å². The Kier molecular flexibility index (Phi) is 8.89. The summed E-state index contributed by atoms with van der Waals surface area (Å²) >= 11 is 0. The molecule has 3 nitrogen and oxygen atoms in total. The van der Waals surface area contributed by atoms with E-state index in [4.69, 9.17) is 10.7 Å². The van der Waals surface area contributed by atoms with E-state index in [2.05, 4.69) is 11.9 Å². The van der Waals surface area contributed by atoms with Crippen LogP contribution in [0, 0.1) is 0 Å². The molecule has 62 valence electrons. The second-order valence-corrected chi connectivity index (χ2v) is 4.32. The van der Waals surface area contributed by atoms with Gasteiger partial charge in [0, 0.05) is 10.7 Å². The Morgan fingerprint density at radius 2 is 1.90 bits per heavy atom. The minimum Gasteiger partial charge on any atom is -0.323 e. The second kappa shape index (κ2) is 7.05. The van der Waals surface area contributed by atoms with Crippen molar-refractivity contribution in [3.8, 4) is 0 Å². The molecule has 0 aliphatic heterocycles. The van der Waals surface area contributed by atoms with Gasteiger partial charge in [0.1, 0.15) is 0 Å². The predicted octanol–water partition coefficient (Wildman–Crippen LogP) is 0.577. The molecule has 0 fully saturated rings. The van der Waals surface area contributed by atoms with Gasteiger partial charge in [-0.25, -0.2) is 8.42 Å². The third-order valence-electron chi connectivity index (χ3n) is 0.317. The second-order valence-electron chi connectivity index (χ2n) is 1.49. The van der Waals surface area contributed by atoms with E-state index in [0.29, 0.717) is 0 Å². The molecule has 0 aromatic heterocycles. The Morgan fingerprint density at radius 3 is 1.90 bits per heavy atom. The fourth-order valence-electron chi connectivity index (χ4n) is 0.141. The van der Waals surface area contributed by atoms with Crippen molar-refractivity contribution in [3.63, 3.8) is 0 Å². The maximum absolute atomic E-state index is 9.93. The quantitative estimate of drug-likeness (QED) is 0.506. The van der Waals surface area contributed by atoms with Crippen LogP contribution in [0.1, 0.15) is 0 Å². The van der Waals surface area contributed by atoms with E-state index < -0.39 is 9.05 Å². The summed E-state index contributed by atoms with van der Waals surface area (Å²) in [5.74, 6) is -0.158. The summed E-state index contributed by atoms with van der Waals surface area (Å²) in [6.45, 7) is 3.18. The SMILES string of the molecule is C=CCS(=O)(=O)Cl.CNC. The van der Waals surface area contributed by atoms with E-state index in [1.807, 2.05) is 14.1 Å². The van der Waals surface area contributed by atoms with Crippen molar-refractivity contribution in [1.29, 1.82) is 0 Å². The zero-order valence-electron chi connectivity index (χ0n) is 6.09. The molecule has 0 rings (SSSR count). The monoisotopic (exact) mass is 185 g/mol. The highest BCUT2D eigenvalue weighted by atomic mass is 35.7. The van der Waals surface area contributed by atoms with Gasteiger partial charge in [-0.1, -0.05) is 6.08 Å². The standard InChI is InChI=1S/C3H5ClO2S.C2H7N/c1-2-3-7(4,5)6;1-3-2/h2H,1,3H2;3H,1-2H3. The Morgan fingerprint density at radius 1 is 1.60 bits per heavy atom. The van der Waals surface area contributed by atoms with E-state index >= 15 is 0 Å². The summed E-state index contributed by atoms with van der Waals surface area (Å²) in [4.78, 5) is 0. The van der Waals surface area contributed by atoms with Gasteiger partial charge in [0.25, 0.3) is 0 Å². The first-order valence-corrected chi connectivity index (χ1v) is 5.07. The maximum atomic E-state index is 9.93. The first-order chi connectivity index (χ1) is 4.47. The molecule has 0 radical (unpaired) electrons. The number of hydrogen-bond donors (Lipinski definition) is 1. The number of halogens is 1. The van der Waals surface area contributed by atoms with Crippen LogP contribution in [0.2, 0.25) is 0 Å². The lowest BCUT2D eigenvalue weighted by Gasteiger charge is -1.79. The first-order valence-electron chi connectivity index (χ1n) is 2.59. The third kappa shape index (κ3) is 24.6. The van der Waals surface area contributed by atoms with Crippen LogP contribution in [0.15, 0.2) is 12.7 Å². The van der Waals surface area contributed by atoms with E-state index in [9.17, 15) is 8.42 Å². The van der Waals surface area contributed by atoms with E-state index in [0.717, 1.165) is 0 Å². The van der Waals surface area contributed by atoms with Crippen molar-refractivity contribution in [2.75, 3.05) is 19.8 Å². The van der Waals surface area contributed by atoms with Gasteiger partial charge in [-0.15, -0.1) is 6.58 Å². The van der Waals surface area contributed by atoms with Gasteiger partial charge in [0.15, 0.2) is 0 Å². The number of rotatable bonds is 2. The van der Waals surface area contributed by atoms with Crippen molar-refractivity contribution in [2.24, 2.45) is 0 Å². The molecule has 0 bridgehead atoms. The molecular formula is C5H12ClNO2S. The smallest absolute Gasteiger partial charge is 0.236 e. The molecule has 10 heavy (non-hydrogen) atoms. The van der Waals surface area contributed by atoms with Crippen LogP contribution in [0.25, 0.3) is 0 Å². The van der Waals surface area contributed by atoms with Gasteiger partial charge < -0.3 is 5.32 Å². The van der Waals surface area contributed by atoms with Crippen molar-refractivity contribution >= 4 is 19.7 Å². The molecule has 0 aliphatic carbocycles. The average molecular weight is 186 g/mol. The van der Waals surface area contributed by atoms with Gasteiger partial charge >= 0.3 is 0 Å². The lowest BCUT2D eigenvalue weighted by atomic mass is 10.8. The molecule has 0 saturated carbocycles. The number of hydrogen-bond acceptors (Lipinski definition) is 3. The molecule has 0 saturated heterocycles. The van der Waals surface area contributed by atoms with Gasteiger partial charge in [-0.05, 0) is 14.1 Å². The summed E-state index contributed by atoms with van der Waals surface area (Å²) in [5, 5.41) is 2.75. The van der Waals surface area contributed by atoms with Crippen molar-refractivity contribution in [2.45, 2.75) is 0 Å². The summed E-state index contributed by atoms with van der Waals surface area (Å²) < 4.78 is 19.9. The largest absolute Gasteiger partial charge is 0.323 e. The summed E-state index contributed by atoms with van der Waals surface area (Å²) in [6, 6.07) is 0. The van der Waals surface area contributed by atoms with Gasteiger partial charge in [-0.3, -0.25) is 0 Å². The highest BCUT2D eigenvalue weighted by Gasteiger charge is 1.97. The van der Waals surface area contributed by atoms with E-state index in [1.54, 1.807) is 0 Å². The summed E-state index contributed by atoms with van der Waals surface area (Å²) in [5.41, 5.74) is 0. The predicted molar refractivity (Wildman–Crippen MR) is 44.8 cm³/mol. The van der Waals surface area contributed by atoms with Crippen molar-refractivity contribution < 1.29 is 8.42 Å². The van der Waals surface area contributed by atoms with Crippen LogP contribution in [0.4, 0.5) is 0 Å². The van der Waals surface area contributed by atoms with Crippen LogP contribution < -0.4 is 5.32 Å². The number of nitrogens with one attached hydrogen (secondary N) is 1. The lowest BCUT2D eigenvalue weighted by Crippen LogP contribution is -1.90. The molecule has 0 spiro atoms. The first kappa shape index (κ1) is 12.6. The molecule has 0 aromatic rings. The zero-order valence-corrected chi connectivity index (χ0v) is 7.67. The molecule has 0 heterocycles. The molecule has 0 aliphatic rings. The molecule has 0 atom stereocenters. The van der Waals surface area contributed by atoms with Crippen LogP contribution in [0.5, 0.6) is 0 Å². The Balaban J connectivity index is 0. The molecule has 5 heteroatoms. The molecule has 0 aromatic carbocycles. The fourth-order valence-corrected chi connectivity index (χ4v) is 0.690. The topological polar surface area (TPSA) is 46.2 Å². The molecular weight excluding hydrogens is 174 g/mol. The third-order valence-corrected chi connectivity index (χ3v) is 1.33. The minimum absolute atomic E-state index is 0.158. The fraction of sp³-hybridized carbons (Fsp3) is 0.600. The van der Waals surface area contributed by atoms with Gasteiger partial charge in [0.2, 0.25) is 9.05 Å². The lowest BCUT2D eigenvalue weighted by molar-refractivity contribution is 0.612. The molecule has 0 amide bonds. The summed E-state index contributed by atoms with van der Waals surface area (Å²) in [7, 11) is 5.16. The van der Waals surface area contributed by atoms with Gasteiger partial charge in [-0.2, -0.15) is 0 Å². The molecule has 0 unspecified atom stereocenters. The normalized spacial score (nSPS) is 9.50. The van der Waals surface area contributed by atoms with Crippen molar-refractivity contribution in [1.82, 2.24) is 5.32 Å². The average Bonchev–Trinajstić information content (AvgIpc) is 1.63. The van der Waals surface area contributed by atoms with E-state index in [1.165, 1.54) is 6.08 Å². The zero-order chi connectivity index (χ0) is 8.62. The highest BCUT2D eigenvalue weighted by molar-refractivity contribution is 8.13. The van der Waals surface area contributed by atoms with Gasteiger partial charge in [0.05, 0.1) is 5.75 Å². The minimum atomic E-state index is -3.32. The van der Waals surface area contributed by atoms with Crippen LogP contribution in [-0.2, 0) is 9.05 Å². The van der Waals surface area contributed by atoms with Crippen molar-refractivity contribution in [3.05, 3.63) is 12.7 Å². The van der Waals surface area contributed by atoms with Crippen LogP contribution in [0.3, 0.4) is 0 Å². The molecule has 1 N–H and O–H groups in total. The Hall–Kier alpha value is -0.0600. The maximum Gasteiger partial charge on any atom is 0.236 e. The summed E-state index contributed by atoms with van der Waals surface area (Å²) in [6.07, 6.45) is 1.24. The van der Waals surface area contributed by atoms with E-state index in [-0.39, 0.29) is 5.75 Å². The highest BCUT2D eigenvalue weighted by Crippen LogP contribution is 1.93.